The van der Waals surface area contributed by atoms with Crippen molar-refractivity contribution in [3.63, 3.8) is 0 Å². The maximum absolute atomic E-state index is 14.5. The van der Waals surface area contributed by atoms with Crippen LogP contribution in [0, 0.1) is 35.5 Å². The van der Waals surface area contributed by atoms with Gasteiger partial charge in [0.15, 0.2) is 11.6 Å². The van der Waals surface area contributed by atoms with Gasteiger partial charge in [-0.25, -0.2) is 29.3 Å². The van der Waals surface area contributed by atoms with Crippen molar-refractivity contribution in [3.8, 4) is 23.0 Å². The molecule has 10 rings (SSSR count). The molecule has 290 valence electrons. The Morgan fingerprint density at radius 2 is 1.15 bits per heavy atom. The number of carbonyl (C=O) groups is 2. The average Bonchev–Trinajstić information content (AvgIpc) is 3.68. The van der Waals surface area contributed by atoms with E-state index in [4.69, 9.17) is 9.84 Å². The molecule has 0 amide bonds. The number of rotatable bonds is 8. The summed E-state index contributed by atoms with van der Waals surface area (Å²) < 4.78 is 65.4. The lowest BCUT2D eigenvalue weighted by Gasteiger charge is -2.24. The smallest absolute Gasteiger partial charge is 0.305 e. The third kappa shape index (κ3) is 6.03. The van der Waals surface area contributed by atoms with E-state index >= 15 is 0 Å². The molecule has 0 bridgehead atoms. The number of carbonyl (C=O) groups excluding carboxylic acids is 1. The Balaban J connectivity index is 0.000000144. The molecular weight excluding hydrogens is 728 g/mol. The van der Waals surface area contributed by atoms with Crippen LogP contribution in [0.3, 0.4) is 0 Å². The highest BCUT2D eigenvalue weighted by molar-refractivity contribution is 5.70. The van der Waals surface area contributed by atoms with Gasteiger partial charge in [-0.3, -0.25) is 9.59 Å². The Kier molecular flexibility index (Phi) is 8.12. The van der Waals surface area contributed by atoms with E-state index < -0.39 is 17.8 Å². The monoisotopic (exact) mass is 766 g/mol. The topological polar surface area (TPSA) is 183 Å². The van der Waals surface area contributed by atoms with Gasteiger partial charge < -0.3 is 19.6 Å². The molecule has 0 spiro atoms. The summed E-state index contributed by atoms with van der Waals surface area (Å²) in [6.07, 6.45) is 3.53. The summed E-state index contributed by atoms with van der Waals surface area (Å²) in [6.45, 7) is 2.73. The fourth-order valence-corrected chi connectivity index (χ4v) is 9.27. The summed E-state index contributed by atoms with van der Waals surface area (Å²) >= 11 is 0. The van der Waals surface area contributed by atoms with Crippen LogP contribution in [0.25, 0.3) is 23.0 Å². The van der Waals surface area contributed by atoms with Crippen LogP contribution in [-0.2, 0) is 53.1 Å². The second-order valence-corrected chi connectivity index (χ2v) is 15.5. The number of hydrogen-bond acceptors (Lipinski definition) is 13. The number of aryl methyl sites for hydroxylation is 2. The van der Waals surface area contributed by atoms with Gasteiger partial charge in [-0.05, 0) is 48.3 Å². The Bertz CT molecular complexity index is 2190. The number of hydrogen-bond donors (Lipinski definition) is 1. The molecule has 6 aliphatic rings. The minimum absolute atomic E-state index is 0.176. The molecular formula is C35H38F4N12O4. The van der Waals surface area contributed by atoms with Crippen molar-refractivity contribution in [2.24, 2.45) is 49.6 Å². The zero-order valence-electron chi connectivity index (χ0n) is 30.2. The van der Waals surface area contributed by atoms with E-state index in [-0.39, 0.29) is 67.0 Å². The highest BCUT2D eigenvalue weighted by Crippen LogP contribution is 2.57. The van der Waals surface area contributed by atoms with Crippen LogP contribution in [0.4, 0.5) is 29.2 Å². The molecule has 4 aromatic rings. The number of methoxy groups -OCH3 is 1. The number of ether oxygens (including phenoxy) is 1. The van der Waals surface area contributed by atoms with Gasteiger partial charge in [-0.15, -0.1) is 10.2 Å². The summed E-state index contributed by atoms with van der Waals surface area (Å²) in [5.41, 5.74) is 1.64. The van der Waals surface area contributed by atoms with Gasteiger partial charge >= 0.3 is 11.9 Å². The molecule has 6 atom stereocenters. The highest BCUT2D eigenvalue weighted by atomic mass is 19.3. The van der Waals surface area contributed by atoms with Gasteiger partial charge in [0, 0.05) is 77.1 Å². The lowest BCUT2D eigenvalue weighted by Crippen LogP contribution is -2.27. The Hall–Kier alpha value is -5.30. The molecule has 4 aromatic heterocycles. The molecule has 2 saturated heterocycles. The first-order chi connectivity index (χ1) is 26.2. The molecule has 0 aromatic carbocycles. The number of aromatic nitrogens is 10. The predicted octanol–water partition coefficient (Wildman–Crippen LogP) is 3.02. The molecule has 1 N–H and O–H groups in total. The van der Waals surface area contributed by atoms with Crippen LogP contribution in [0.15, 0.2) is 12.4 Å². The number of anilines is 2. The fraction of sp³-hybridized carbons (Fsp3) is 0.600. The van der Waals surface area contributed by atoms with Gasteiger partial charge in [-0.2, -0.15) is 17.6 Å². The van der Waals surface area contributed by atoms with E-state index in [1.165, 1.54) is 28.9 Å². The molecule has 6 heterocycles. The first-order valence-corrected chi connectivity index (χ1v) is 18.3. The second kappa shape index (κ2) is 12.6. The first-order valence-electron chi connectivity index (χ1n) is 18.3. The summed E-state index contributed by atoms with van der Waals surface area (Å²) in [4.78, 5) is 44.1. The van der Waals surface area contributed by atoms with Crippen molar-refractivity contribution >= 4 is 23.6 Å². The lowest BCUT2D eigenvalue weighted by atomic mass is 10.1. The minimum atomic E-state index is -2.97. The van der Waals surface area contributed by atoms with E-state index in [0.717, 1.165) is 0 Å². The molecule has 2 unspecified atom stereocenters. The van der Waals surface area contributed by atoms with E-state index in [1.807, 2.05) is 4.90 Å². The maximum Gasteiger partial charge on any atom is 0.305 e. The van der Waals surface area contributed by atoms with Crippen LogP contribution in [0.1, 0.15) is 48.2 Å². The van der Waals surface area contributed by atoms with Crippen LogP contribution in [0.2, 0.25) is 0 Å². The van der Waals surface area contributed by atoms with E-state index in [0.29, 0.717) is 96.3 Å². The van der Waals surface area contributed by atoms with Crippen LogP contribution in [0.5, 0.6) is 0 Å². The normalized spacial score (nSPS) is 27.2. The molecule has 2 saturated carbocycles. The number of carboxylic acids is 1. The Labute approximate surface area is 311 Å². The maximum atomic E-state index is 14.5. The lowest BCUT2D eigenvalue weighted by molar-refractivity contribution is -0.141. The Morgan fingerprint density at radius 1 is 0.727 bits per heavy atom. The molecule has 4 fully saturated rings. The van der Waals surface area contributed by atoms with E-state index in [9.17, 15) is 27.2 Å². The number of esters is 1. The van der Waals surface area contributed by atoms with Crippen LogP contribution in [-0.4, -0.2) is 100 Å². The summed E-state index contributed by atoms with van der Waals surface area (Å²) in [6, 6.07) is 0. The van der Waals surface area contributed by atoms with Crippen LogP contribution >= 0.6 is 0 Å². The third-order valence-electron chi connectivity index (χ3n) is 12.3. The highest BCUT2D eigenvalue weighted by Gasteiger charge is 2.58. The molecule has 55 heavy (non-hydrogen) atoms. The standard InChI is InChI=1S/C18H20F2N6O2.C17H18F2N6O2/c1-25-13(6-21-24-25)16-22-15-9(3-4-18(15,19)20)17(23-16)26-7-11-10(12(11)8-26)5-14(27)28-2;1-24-12(5-20-23-24)15-21-14-8(2-3-17(14,18)19)16(22-15)25-6-10-9(4-13(26)27)11(10)7-25/h6,10-12H,3-5,7-8H2,1-2H3;5,9-11H,2-4,6-7H2,1H3,(H,26,27)/t10?,11-,12+;9?,10-,11+. The largest absolute Gasteiger partial charge is 0.481 e. The quantitative estimate of drug-likeness (QED) is 0.204. The number of nitrogens with zero attached hydrogens (tertiary/aromatic N) is 12. The van der Waals surface area contributed by atoms with Crippen molar-refractivity contribution in [3.05, 3.63) is 34.9 Å². The zero-order valence-corrected chi connectivity index (χ0v) is 30.2. The van der Waals surface area contributed by atoms with Gasteiger partial charge in [0.1, 0.15) is 34.4 Å². The van der Waals surface area contributed by atoms with Crippen LogP contribution < -0.4 is 9.80 Å². The zero-order chi connectivity index (χ0) is 38.6. The summed E-state index contributed by atoms with van der Waals surface area (Å²) in [5, 5.41) is 24.3. The SMILES string of the molecule is COC(=O)CC1[C@H]2CN(c3nc(-c4cnnn4C)nc4c3CCC4(F)F)C[C@@H]12.Cn1nncc1-c1nc(N2C[C@@H]3C(CC(=O)O)[C@@H]3C2)c2c(n1)C(F)(F)CC2. The number of aliphatic carboxylic acids is 1. The third-order valence-corrected chi connectivity index (χ3v) is 12.3. The summed E-state index contributed by atoms with van der Waals surface area (Å²) in [5.74, 6) is -3.47. The number of halogens is 4. The van der Waals surface area contributed by atoms with Crippen molar-refractivity contribution in [1.29, 1.82) is 0 Å². The number of alkyl halides is 4. The number of piperidine rings is 2. The molecule has 2 aliphatic heterocycles. The van der Waals surface area contributed by atoms with Crippen molar-refractivity contribution < 1.29 is 37.0 Å². The summed E-state index contributed by atoms with van der Waals surface area (Å²) in [7, 11) is 4.74. The van der Waals surface area contributed by atoms with Gasteiger partial charge in [0.25, 0.3) is 11.8 Å². The molecule has 16 nitrogen and oxygen atoms in total. The predicted molar refractivity (Wildman–Crippen MR) is 183 cm³/mol. The van der Waals surface area contributed by atoms with Gasteiger partial charge in [0.2, 0.25) is 0 Å². The van der Waals surface area contributed by atoms with Gasteiger partial charge in [0.05, 0.1) is 19.5 Å². The minimum Gasteiger partial charge on any atom is -0.481 e. The molecule has 0 radical (unpaired) electrons. The van der Waals surface area contributed by atoms with E-state index in [1.54, 1.807) is 14.1 Å². The fourth-order valence-electron chi connectivity index (χ4n) is 9.27. The second-order valence-electron chi connectivity index (χ2n) is 15.5. The first kappa shape index (κ1) is 35.4. The Morgan fingerprint density at radius 3 is 1.51 bits per heavy atom. The number of carboxylic acid groups (broad SMARTS) is 1. The molecule has 4 aliphatic carbocycles. The van der Waals surface area contributed by atoms with Gasteiger partial charge in [-0.1, -0.05) is 10.4 Å². The van der Waals surface area contributed by atoms with Crippen molar-refractivity contribution in [2.75, 3.05) is 43.1 Å². The van der Waals surface area contributed by atoms with E-state index in [2.05, 4.69) is 45.5 Å². The number of fused-ring (bicyclic) bond motifs is 4. The molecule has 20 heteroatoms. The van der Waals surface area contributed by atoms with Crippen molar-refractivity contribution in [2.45, 2.75) is 50.4 Å². The van der Waals surface area contributed by atoms with Crippen molar-refractivity contribution in [1.82, 2.24) is 49.9 Å². The average molecular weight is 767 g/mol.